The minimum absolute atomic E-state index is 0.0425. The third kappa shape index (κ3) is 5.35. The maximum atomic E-state index is 13.3. The zero-order valence-corrected chi connectivity index (χ0v) is 20.7. The van der Waals surface area contributed by atoms with Gasteiger partial charge in [-0.05, 0) is 49.6 Å². The zero-order chi connectivity index (χ0) is 24.2. The van der Waals surface area contributed by atoms with Gasteiger partial charge in [-0.3, -0.25) is 4.79 Å². The summed E-state index contributed by atoms with van der Waals surface area (Å²) in [6.45, 7) is 6.74. The summed E-state index contributed by atoms with van der Waals surface area (Å²) in [4.78, 5) is 28.8. The second kappa shape index (κ2) is 10.5. The number of benzene rings is 2. The van der Waals surface area contributed by atoms with Crippen molar-refractivity contribution >= 4 is 29.0 Å². The molecule has 1 aromatic heterocycles. The van der Waals surface area contributed by atoms with Crippen molar-refractivity contribution in [3.63, 3.8) is 0 Å². The predicted molar refractivity (Wildman–Crippen MR) is 138 cm³/mol. The topological polar surface area (TPSA) is 61.8 Å². The number of amides is 1. The number of piperazine rings is 1. The van der Waals surface area contributed by atoms with Crippen LogP contribution in [0.2, 0.25) is 5.02 Å². The van der Waals surface area contributed by atoms with E-state index in [0.29, 0.717) is 5.88 Å². The van der Waals surface area contributed by atoms with Crippen LogP contribution < -0.4 is 14.5 Å². The van der Waals surface area contributed by atoms with Gasteiger partial charge in [0.05, 0.1) is 0 Å². The van der Waals surface area contributed by atoms with Gasteiger partial charge in [0.2, 0.25) is 5.91 Å². The highest BCUT2D eigenvalue weighted by Crippen LogP contribution is 2.32. The molecule has 5 rings (SSSR count). The highest BCUT2D eigenvalue weighted by atomic mass is 35.5. The van der Waals surface area contributed by atoms with Crippen LogP contribution in [0.5, 0.6) is 11.6 Å². The number of carbonyl (C=O) groups is 1. The minimum atomic E-state index is 0.0425. The van der Waals surface area contributed by atoms with Crippen molar-refractivity contribution in [3.05, 3.63) is 71.5 Å². The van der Waals surface area contributed by atoms with Gasteiger partial charge in [-0.1, -0.05) is 35.9 Å². The maximum Gasteiger partial charge on any atom is 0.263 e. The Bertz CT molecular complexity index is 1160. The zero-order valence-electron chi connectivity index (χ0n) is 19.9. The van der Waals surface area contributed by atoms with Crippen molar-refractivity contribution < 1.29 is 9.53 Å². The monoisotopic (exact) mass is 491 g/mol. The Morgan fingerprint density at radius 3 is 2.37 bits per heavy atom. The average molecular weight is 492 g/mol. The number of halogens is 1. The summed E-state index contributed by atoms with van der Waals surface area (Å²) in [5, 5.41) is 0.747. The molecule has 35 heavy (non-hydrogen) atoms. The highest BCUT2D eigenvalue weighted by Gasteiger charge is 2.32. The lowest BCUT2D eigenvalue weighted by Gasteiger charge is -2.40. The highest BCUT2D eigenvalue weighted by molar-refractivity contribution is 6.30. The van der Waals surface area contributed by atoms with E-state index in [4.69, 9.17) is 16.3 Å². The molecular weight excluding hydrogens is 462 g/mol. The molecule has 0 radical (unpaired) electrons. The number of piperidine rings is 1. The lowest BCUT2D eigenvalue weighted by atomic mass is 9.95. The molecule has 2 aliphatic heterocycles. The molecule has 182 valence electrons. The number of nitrogens with zero attached hydrogens (tertiary/aromatic N) is 5. The molecule has 2 fully saturated rings. The van der Waals surface area contributed by atoms with Gasteiger partial charge < -0.3 is 19.4 Å². The molecule has 7 nitrogen and oxygen atoms in total. The molecule has 0 bridgehead atoms. The van der Waals surface area contributed by atoms with Crippen LogP contribution in [0, 0.1) is 12.8 Å². The number of hydrogen-bond acceptors (Lipinski definition) is 6. The number of rotatable bonds is 5. The molecular formula is C27H30ClN5O2. The Morgan fingerprint density at radius 1 is 0.914 bits per heavy atom. The number of para-hydroxylation sites is 1. The first-order valence-corrected chi connectivity index (χ1v) is 12.5. The summed E-state index contributed by atoms with van der Waals surface area (Å²) in [6.07, 6.45) is 4.93. The molecule has 0 N–H and O–H groups in total. The van der Waals surface area contributed by atoms with Crippen LogP contribution in [-0.2, 0) is 4.79 Å². The summed E-state index contributed by atoms with van der Waals surface area (Å²) in [5.74, 6) is 2.27. The molecule has 2 saturated heterocycles. The molecule has 0 aliphatic carbocycles. The largest absolute Gasteiger partial charge is 0.436 e. The number of aromatic nitrogens is 2. The smallest absolute Gasteiger partial charge is 0.263 e. The first kappa shape index (κ1) is 23.4. The van der Waals surface area contributed by atoms with Crippen LogP contribution in [0.3, 0.4) is 0 Å². The maximum absolute atomic E-state index is 13.3. The van der Waals surface area contributed by atoms with E-state index in [1.807, 2.05) is 47.4 Å². The third-order valence-corrected chi connectivity index (χ3v) is 7.09. The Morgan fingerprint density at radius 2 is 1.63 bits per heavy atom. The quantitative estimate of drug-likeness (QED) is 0.511. The third-order valence-electron chi connectivity index (χ3n) is 6.85. The number of carbonyl (C=O) groups excluding carboxylic acids is 1. The molecule has 2 aliphatic rings. The van der Waals surface area contributed by atoms with E-state index in [9.17, 15) is 4.79 Å². The Kier molecular flexibility index (Phi) is 7.04. The van der Waals surface area contributed by atoms with Crippen molar-refractivity contribution in [3.8, 4) is 11.6 Å². The van der Waals surface area contributed by atoms with Gasteiger partial charge in [0, 0.05) is 68.3 Å². The van der Waals surface area contributed by atoms with E-state index in [1.54, 1.807) is 12.4 Å². The number of hydrogen-bond donors (Lipinski definition) is 0. The second-order valence-electron chi connectivity index (χ2n) is 9.10. The number of aryl methyl sites for hydroxylation is 1. The Balaban J connectivity index is 1.16. The van der Waals surface area contributed by atoms with E-state index < -0.39 is 0 Å². The van der Waals surface area contributed by atoms with Crippen LogP contribution >= 0.6 is 11.6 Å². The molecule has 1 amide bonds. The molecule has 2 aromatic carbocycles. The molecule has 0 atom stereocenters. The number of anilines is 2. The van der Waals surface area contributed by atoms with Gasteiger partial charge in [0.15, 0.2) is 5.82 Å². The van der Waals surface area contributed by atoms with Crippen LogP contribution in [0.25, 0.3) is 0 Å². The summed E-state index contributed by atoms with van der Waals surface area (Å²) in [6, 6.07) is 15.6. The SMILES string of the molecule is Cc1ccc(Cl)cc1N1CCN(C(=O)C2CCN(c3nccnc3Oc3ccccc3)CC2)CC1. The fourth-order valence-electron chi connectivity index (χ4n) is 4.89. The predicted octanol–water partition coefficient (Wildman–Crippen LogP) is 4.80. The fraction of sp³-hybridized carbons (Fsp3) is 0.370. The van der Waals surface area contributed by atoms with Gasteiger partial charge in [-0.25, -0.2) is 9.97 Å². The summed E-state index contributed by atoms with van der Waals surface area (Å²) >= 11 is 6.21. The van der Waals surface area contributed by atoms with E-state index in [1.165, 1.54) is 5.56 Å². The van der Waals surface area contributed by atoms with E-state index >= 15 is 0 Å². The summed E-state index contributed by atoms with van der Waals surface area (Å²) in [5.41, 5.74) is 2.37. The summed E-state index contributed by atoms with van der Waals surface area (Å²) in [7, 11) is 0. The molecule has 3 aromatic rings. The van der Waals surface area contributed by atoms with Crippen molar-refractivity contribution in [2.45, 2.75) is 19.8 Å². The van der Waals surface area contributed by atoms with Crippen molar-refractivity contribution in [2.75, 3.05) is 49.1 Å². The van der Waals surface area contributed by atoms with Gasteiger partial charge in [-0.15, -0.1) is 0 Å². The van der Waals surface area contributed by atoms with Gasteiger partial charge in [0.25, 0.3) is 5.88 Å². The van der Waals surface area contributed by atoms with Crippen LogP contribution in [-0.4, -0.2) is 60.0 Å². The molecule has 8 heteroatoms. The molecule has 3 heterocycles. The minimum Gasteiger partial charge on any atom is -0.436 e. The van der Waals surface area contributed by atoms with Gasteiger partial charge >= 0.3 is 0 Å². The van der Waals surface area contributed by atoms with Crippen molar-refractivity contribution in [1.29, 1.82) is 0 Å². The van der Waals surface area contributed by atoms with Crippen LogP contribution in [0.15, 0.2) is 60.9 Å². The standard InChI is InChI=1S/C27H30ClN5O2/c1-20-7-8-22(28)19-24(20)31-15-17-33(18-16-31)27(34)21-9-13-32(14-10-21)25-26(30-12-11-29-25)35-23-5-3-2-4-6-23/h2-8,11-12,19,21H,9-10,13-18H2,1H3. The fourth-order valence-corrected chi connectivity index (χ4v) is 5.06. The molecule has 0 unspecified atom stereocenters. The normalized spacial score (nSPS) is 16.9. The van der Waals surface area contributed by atoms with Crippen molar-refractivity contribution in [2.24, 2.45) is 5.92 Å². The number of ether oxygens (including phenoxy) is 1. The van der Waals surface area contributed by atoms with E-state index in [2.05, 4.69) is 32.8 Å². The molecule has 0 spiro atoms. The van der Waals surface area contributed by atoms with E-state index in [-0.39, 0.29) is 11.8 Å². The average Bonchev–Trinajstić information content (AvgIpc) is 2.91. The second-order valence-corrected chi connectivity index (χ2v) is 9.54. The lowest BCUT2D eigenvalue weighted by Crippen LogP contribution is -2.52. The lowest BCUT2D eigenvalue weighted by molar-refractivity contribution is -0.136. The first-order chi connectivity index (χ1) is 17.1. The van der Waals surface area contributed by atoms with Crippen LogP contribution in [0.4, 0.5) is 11.5 Å². The van der Waals surface area contributed by atoms with Gasteiger partial charge in [-0.2, -0.15) is 0 Å². The van der Waals surface area contributed by atoms with E-state index in [0.717, 1.165) is 74.4 Å². The molecule has 0 saturated carbocycles. The van der Waals surface area contributed by atoms with Crippen LogP contribution in [0.1, 0.15) is 18.4 Å². The van der Waals surface area contributed by atoms with Gasteiger partial charge in [0.1, 0.15) is 5.75 Å². The first-order valence-electron chi connectivity index (χ1n) is 12.2. The Labute approximate surface area is 211 Å². The Hall–Kier alpha value is -3.32. The van der Waals surface area contributed by atoms with Crippen molar-refractivity contribution in [1.82, 2.24) is 14.9 Å². The summed E-state index contributed by atoms with van der Waals surface area (Å²) < 4.78 is 5.99.